The molecule has 1 atom stereocenters. The van der Waals surface area contributed by atoms with E-state index in [9.17, 15) is 4.79 Å². The molecule has 0 spiro atoms. The van der Waals surface area contributed by atoms with Crippen molar-refractivity contribution in [2.45, 2.75) is 99.9 Å². The molecule has 1 aliphatic heterocycles. The van der Waals surface area contributed by atoms with Gasteiger partial charge in [0.05, 0.1) is 31.1 Å². The van der Waals surface area contributed by atoms with Crippen LogP contribution >= 0.6 is 0 Å². The molecule has 0 unspecified atom stereocenters. The minimum atomic E-state index is -0.951. The van der Waals surface area contributed by atoms with Gasteiger partial charge in [0, 0.05) is 47.7 Å². The fraction of sp³-hybridized carbons (Fsp3) is 0.656. The van der Waals surface area contributed by atoms with Gasteiger partial charge in [0.1, 0.15) is 0 Å². The minimum Gasteiger partial charge on any atom is -0.480 e. The van der Waals surface area contributed by atoms with E-state index in [1.54, 1.807) is 7.11 Å². The van der Waals surface area contributed by atoms with Crippen molar-refractivity contribution in [1.82, 2.24) is 9.97 Å². The van der Waals surface area contributed by atoms with Gasteiger partial charge in [-0.05, 0) is 71.8 Å². The highest BCUT2D eigenvalue weighted by Gasteiger charge is 2.37. The molecular formula is C32H49N3O5. The number of nitrogens with zero attached hydrogens (tertiary/aromatic N) is 3. The highest BCUT2D eigenvalue weighted by molar-refractivity contribution is 5.88. The lowest BCUT2D eigenvalue weighted by Gasteiger charge is -2.41. The molecule has 0 saturated carbocycles. The largest absolute Gasteiger partial charge is 0.480 e. The van der Waals surface area contributed by atoms with E-state index < -0.39 is 17.7 Å². The second-order valence-corrected chi connectivity index (χ2v) is 13.2. The molecule has 3 rings (SSSR count). The Kier molecular flexibility index (Phi) is 10.1. The number of esters is 1. The van der Waals surface area contributed by atoms with Gasteiger partial charge in [-0.25, -0.2) is 4.79 Å². The monoisotopic (exact) mass is 555 g/mol. The highest BCUT2D eigenvalue weighted by atomic mass is 16.6. The Hall–Kier alpha value is -2.87. The molecular weight excluding hydrogens is 506 g/mol. The van der Waals surface area contributed by atoms with Crippen LogP contribution in [0.4, 0.5) is 5.69 Å². The summed E-state index contributed by atoms with van der Waals surface area (Å²) in [4.78, 5) is 25.4. The van der Waals surface area contributed by atoms with Crippen LogP contribution in [0.25, 0.3) is 11.1 Å². The van der Waals surface area contributed by atoms with Gasteiger partial charge in [0.25, 0.3) is 0 Å². The van der Waals surface area contributed by atoms with E-state index in [1.165, 1.54) is 0 Å². The highest BCUT2D eigenvalue weighted by Crippen LogP contribution is 2.45. The lowest BCUT2D eigenvalue weighted by Crippen LogP contribution is -2.39. The first-order chi connectivity index (χ1) is 18.6. The van der Waals surface area contributed by atoms with Crippen LogP contribution in [0.2, 0.25) is 0 Å². The van der Waals surface area contributed by atoms with Crippen LogP contribution < -0.4 is 14.4 Å². The molecule has 0 aliphatic carbocycles. The summed E-state index contributed by atoms with van der Waals surface area (Å²) < 4.78 is 23.8. The SMILES string of the molecule is COc1nc(OCC(C)C)ccc1-c1cnc(C)c([C@H](OC(C)(C)C)C(=O)OC(C)C)c1N1CCC(C)(C)CC1. The molecule has 0 aromatic carbocycles. The van der Waals surface area contributed by atoms with E-state index >= 15 is 0 Å². The van der Waals surface area contributed by atoms with Crippen LogP contribution in [0.15, 0.2) is 18.3 Å². The lowest BCUT2D eigenvalue weighted by atomic mass is 9.82. The maximum absolute atomic E-state index is 13.6. The van der Waals surface area contributed by atoms with Gasteiger partial charge >= 0.3 is 5.97 Å². The number of aryl methyl sites for hydroxylation is 1. The summed E-state index contributed by atoms with van der Waals surface area (Å²) in [6.07, 6.45) is 2.66. The molecule has 1 fully saturated rings. The van der Waals surface area contributed by atoms with E-state index in [-0.39, 0.29) is 11.5 Å². The lowest BCUT2D eigenvalue weighted by molar-refractivity contribution is -0.171. The van der Waals surface area contributed by atoms with Crippen molar-refractivity contribution in [2.75, 3.05) is 31.7 Å². The van der Waals surface area contributed by atoms with Crippen molar-refractivity contribution in [3.63, 3.8) is 0 Å². The van der Waals surface area contributed by atoms with Gasteiger partial charge in [-0.15, -0.1) is 0 Å². The summed E-state index contributed by atoms with van der Waals surface area (Å²) >= 11 is 0. The maximum Gasteiger partial charge on any atom is 0.340 e. The van der Waals surface area contributed by atoms with Gasteiger partial charge in [0.15, 0.2) is 6.10 Å². The van der Waals surface area contributed by atoms with E-state index in [0.717, 1.165) is 54.0 Å². The first-order valence-corrected chi connectivity index (χ1v) is 14.4. The smallest absolute Gasteiger partial charge is 0.340 e. The summed E-state index contributed by atoms with van der Waals surface area (Å²) in [5.74, 6) is 0.893. The Balaban J connectivity index is 2.26. The fourth-order valence-electron chi connectivity index (χ4n) is 4.78. The predicted octanol–water partition coefficient (Wildman–Crippen LogP) is 6.93. The molecule has 40 heavy (non-hydrogen) atoms. The second kappa shape index (κ2) is 12.8. The number of methoxy groups -OCH3 is 1. The molecule has 2 aromatic heterocycles. The molecule has 0 bridgehead atoms. The van der Waals surface area contributed by atoms with E-state index in [1.807, 2.05) is 59.9 Å². The van der Waals surface area contributed by atoms with Crippen molar-refractivity contribution in [2.24, 2.45) is 11.3 Å². The molecule has 1 saturated heterocycles. The summed E-state index contributed by atoms with van der Waals surface area (Å²) in [5, 5.41) is 0. The molecule has 8 nitrogen and oxygen atoms in total. The summed E-state index contributed by atoms with van der Waals surface area (Å²) in [5.41, 5.74) is 3.61. The minimum absolute atomic E-state index is 0.242. The number of hydrogen-bond donors (Lipinski definition) is 0. The van der Waals surface area contributed by atoms with Crippen LogP contribution in [0.1, 0.15) is 92.5 Å². The quantitative estimate of drug-likeness (QED) is 0.292. The first kappa shape index (κ1) is 31.7. The van der Waals surface area contributed by atoms with Crippen molar-refractivity contribution < 1.29 is 23.7 Å². The number of rotatable bonds is 10. The number of carbonyl (C=O) groups is 1. The van der Waals surface area contributed by atoms with Gasteiger partial charge in [-0.3, -0.25) is 4.98 Å². The van der Waals surface area contributed by atoms with Gasteiger partial charge in [-0.2, -0.15) is 4.98 Å². The average Bonchev–Trinajstić information content (AvgIpc) is 2.85. The Morgan fingerprint density at radius 3 is 2.27 bits per heavy atom. The zero-order valence-corrected chi connectivity index (χ0v) is 26.4. The van der Waals surface area contributed by atoms with Crippen molar-refractivity contribution >= 4 is 11.7 Å². The molecule has 1 aliphatic rings. The standard InChI is InChI=1S/C32H49N3O5/c1-20(2)19-38-25-13-12-23(29(34-25)37-11)24-18-33-22(5)26(27(24)35-16-14-32(9,10)15-17-35)28(40-31(6,7)8)30(36)39-21(3)4/h12-13,18,20-21,28H,14-17,19H2,1-11H3/t28-/m0/s1. The molecule has 0 N–H and O–H groups in total. The Labute approximate surface area is 240 Å². The summed E-state index contributed by atoms with van der Waals surface area (Å²) in [6, 6.07) is 3.82. The number of piperidine rings is 1. The Bertz CT molecular complexity index is 1160. The average molecular weight is 556 g/mol. The molecule has 8 heteroatoms. The third-order valence-corrected chi connectivity index (χ3v) is 6.90. The van der Waals surface area contributed by atoms with E-state index in [4.69, 9.17) is 23.9 Å². The molecule has 222 valence electrons. The Morgan fingerprint density at radius 1 is 1.07 bits per heavy atom. The fourth-order valence-corrected chi connectivity index (χ4v) is 4.78. The zero-order valence-electron chi connectivity index (χ0n) is 26.4. The summed E-state index contributed by atoms with van der Waals surface area (Å²) in [6.45, 7) is 22.5. The van der Waals surface area contributed by atoms with Gasteiger partial charge < -0.3 is 23.8 Å². The second-order valence-electron chi connectivity index (χ2n) is 13.2. The van der Waals surface area contributed by atoms with Crippen LogP contribution in [0.3, 0.4) is 0 Å². The number of aromatic nitrogens is 2. The number of carbonyl (C=O) groups excluding carboxylic acids is 1. The first-order valence-electron chi connectivity index (χ1n) is 14.4. The van der Waals surface area contributed by atoms with Gasteiger partial charge in [-0.1, -0.05) is 27.7 Å². The number of hydrogen-bond acceptors (Lipinski definition) is 8. The van der Waals surface area contributed by atoms with Crippen LogP contribution in [0.5, 0.6) is 11.8 Å². The maximum atomic E-state index is 13.6. The molecule has 0 radical (unpaired) electrons. The third kappa shape index (κ3) is 8.09. The van der Waals surface area contributed by atoms with Crippen molar-refractivity contribution in [3.05, 3.63) is 29.6 Å². The van der Waals surface area contributed by atoms with Crippen molar-refractivity contribution in [3.8, 4) is 22.9 Å². The van der Waals surface area contributed by atoms with Gasteiger partial charge in [0.2, 0.25) is 11.8 Å². The molecule has 2 aromatic rings. The van der Waals surface area contributed by atoms with Crippen LogP contribution in [-0.4, -0.2) is 54.4 Å². The molecule has 3 heterocycles. The number of ether oxygens (including phenoxy) is 4. The topological polar surface area (TPSA) is 83.0 Å². The van der Waals surface area contributed by atoms with Crippen LogP contribution in [0, 0.1) is 18.3 Å². The zero-order chi connectivity index (χ0) is 29.8. The van der Waals surface area contributed by atoms with Crippen molar-refractivity contribution in [1.29, 1.82) is 0 Å². The number of anilines is 1. The summed E-state index contributed by atoms with van der Waals surface area (Å²) in [7, 11) is 1.61. The molecule has 0 amide bonds. The Morgan fingerprint density at radius 2 is 1.73 bits per heavy atom. The predicted molar refractivity (Wildman–Crippen MR) is 159 cm³/mol. The number of pyridine rings is 2. The normalized spacial score (nSPS) is 16.3. The third-order valence-electron chi connectivity index (χ3n) is 6.90. The van der Waals surface area contributed by atoms with E-state index in [2.05, 4.69) is 37.6 Å². The van der Waals surface area contributed by atoms with E-state index in [0.29, 0.717) is 24.3 Å². The van der Waals surface area contributed by atoms with Crippen LogP contribution in [-0.2, 0) is 14.3 Å².